The molecule has 0 amide bonds. The molecule has 2 aliphatic heterocycles. The maximum atomic E-state index is 12.3. The Morgan fingerprint density at radius 3 is 1.08 bits per heavy atom. The summed E-state index contributed by atoms with van der Waals surface area (Å²) in [5.74, 6) is 0. The average molecular weight is 897 g/mol. The van der Waals surface area contributed by atoms with E-state index in [1.54, 1.807) is 7.11 Å². The van der Waals surface area contributed by atoms with Crippen LogP contribution in [0.3, 0.4) is 0 Å². The van der Waals surface area contributed by atoms with Crippen LogP contribution < -0.4 is 0 Å². The Morgan fingerprint density at radius 2 is 0.667 bits per heavy atom. The number of hydrogen-bond donors (Lipinski definition) is 1. The van der Waals surface area contributed by atoms with Gasteiger partial charge in [-0.2, -0.15) is 0 Å². The molecule has 11 heteroatoms. The Kier molecular flexibility index (Phi) is 18.0. The second-order valence-electron chi connectivity index (χ2n) is 16.5. The zero-order valence-corrected chi connectivity index (χ0v) is 37.3. The molecule has 2 aliphatic rings. The van der Waals surface area contributed by atoms with E-state index in [1.165, 1.54) is 0 Å². The molecule has 66 heavy (non-hydrogen) atoms. The van der Waals surface area contributed by atoms with Gasteiger partial charge in [0.1, 0.15) is 48.8 Å². The van der Waals surface area contributed by atoms with Gasteiger partial charge >= 0.3 is 0 Å². The molecule has 346 valence electrons. The second-order valence-corrected chi connectivity index (χ2v) is 16.5. The molecule has 0 aliphatic carbocycles. The fraction of sp³-hybridized carbons (Fsp3) is 0.345. The van der Waals surface area contributed by atoms with Crippen LogP contribution in [0.15, 0.2) is 182 Å². The third-order valence-electron chi connectivity index (χ3n) is 11.7. The highest BCUT2D eigenvalue weighted by Crippen LogP contribution is 2.34. The van der Waals surface area contributed by atoms with Crippen molar-refractivity contribution in [3.63, 3.8) is 0 Å². The van der Waals surface area contributed by atoms with Gasteiger partial charge in [-0.25, -0.2) is 0 Å². The van der Waals surface area contributed by atoms with E-state index in [-0.39, 0.29) is 39.6 Å². The van der Waals surface area contributed by atoms with Gasteiger partial charge in [0.2, 0.25) is 0 Å². The van der Waals surface area contributed by atoms with E-state index in [1.807, 2.05) is 182 Å². The van der Waals surface area contributed by atoms with E-state index in [2.05, 4.69) is 0 Å². The number of hydrogen-bond acceptors (Lipinski definition) is 11. The fourth-order valence-electron chi connectivity index (χ4n) is 8.22. The topological polar surface area (TPSA) is 113 Å². The first-order chi connectivity index (χ1) is 32.6. The van der Waals surface area contributed by atoms with E-state index in [4.69, 9.17) is 47.4 Å². The van der Waals surface area contributed by atoms with Crippen molar-refractivity contribution in [3.05, 3.63) is 215 Å². The van der Waals surface area contributed by atoms with Crippen LogP contribution in [0, 0.1) is 0 Å². The van der Waals surface area contributed by atoms with Crippen LogP contribution in [0.2, 0.25) is 0 Å². The summed E-state index contributed by atoms with van der Waals surface area (Å²) in [5.41, 5.74) is 5.87. The summed E-state index contributed by atoms with van der Waals surface area (Å²) in [6.07, 6.45) is -8.50. The van der Waals surface area contributed by atoms with E-state index in [9.17, 15) is 5.11 Å². The van der Waals surface area contributed by atoms with Gasteiger partial charge in [0.05, 0.1) is 52.9 Å². The molecule has 0 bridgehead atoms. The van der Waals surface area contributed by atoms with E-state index in [0.717, 1.165) is 33.4 Å². The zero-order valence-electron chi connectivity index (χ0n) is 37.3. The van der Waals surface area contributed by atoms with E-state index >= 15 is 0 Å². The average Bonchev–Trinajstić information content (AvgIpc) is 3.37. The minimum atomic E-state index is -1.28. The molecule has 0 radical (unpaired) electrons. The lowest BCUT2D eigenvalue weighted by Crippen LogP contribution is -2.63. The van der Waals surface area contributed by atoms with Crippen molar-refractivity contribution >= 4 is 0 Å². The maximum Gasteiger partial charge on any atom is 0.186 e. The first kappa shape index (κ1) is 47.4. The van der Waals surface area contributed by atoms with Crippen molar-refractivity contribution < 1.29 is 52.5 Å². The third-order valence-corrected chi connectivity index (χ3v) is 11.7. The zero-order chi connectivity index (χ0) is 45.2. The molecule has 0 unspecified atom stereocenters. The van der Waals surface area contributed by atoms with Crippen molar-refractivity contribution in [2.75, 3.05) is 20.3 Å². The van der Waals surface area contributed by atoms with Gasteiger partial charge in [0, 0.05) is 7.11 Å². The van der Waals surface area contributed by atoms with Crippen LogP contribution in [0.25, 0.3) is 0 Å². The predicted molar refractivity (Wildman–Crippen MR) is 247 cm³/mol. The smallest absolute Gasteiger partial charge is 0.186 e. The Morgan fingerprint density at radius 1 is 0.348 bits per heavy atom. The number of ether oxygens (including phenoxy) is 10. The first-order valence-electron chi connectivity index (χ1n) is 22.6. The number of methoxy groups -OCH3 is 1. The van der Waals surface area contributed by atoms with Crippen LogP contribution >= 0.6 is 0 Å². The largest absolute Gasteiger partial charge is 0.385 e. The minimum absolute atomic E-state index is 0.0732. The van der Waals surface area contributed by atoms with Gasteiger partial charge in [0.25, 0.3) is 0 Å². The molecule has 1 N–H and O–H groups in total. The quantitative estimate of drug-likeness (QED) is 0.0668. The molecule has 10 atom stereocenters. The second kappa shape index (κ2) is 25.1. The minimum Gasteiger partial charge on any atom is -0.385 e. The normalized spacial score (nSPS) is 25.4. The molecule has 6 aromatic rings. The van der Waals surface area contributed by atoms with Crippen LogP contribution in [0.4, 0.5) is 0 Å². The van der Waals surface area contributed by atoms with Crippen molar-refractivity contribution in [2.24, 2.45) is 0 Å². The van der Waals surface area contributed by atoms with Gasteiger partial charge in [-0.15, -0.1) is 0 Å². The number of aliphatic hydroxyl groups is 1. The molecule has 0 aromatic heterocycles. The molecule has 6 aromatic carbocycles. The lowest BCUT2D eigenvalue weighted by atomic mass is 9.97. The van der Waals surface area contributed by atoms with Gasteiger partial charge < -0.3 is 52.5 Å². The number of benzene rings is 6. The molecular formula is C55H60O11. The summed E-state index contributed by atoms with van der Waals surface area (Å²) in [4.78, 5) is 0. The van der Waals surface area contributed by atoms with Gasteiger partial charge in [-0.1, -0.05) is 182 Å². The Hall–Kier alpha value is -5.12. The number of rotatable bonds is 23. The monoisotopic (exact) mass is 896 g/mol. The summed E-state index contributed by atoms with van der Waals surface area (Å²) >= 11 is 0. The molecular weight excluding hydrogens is 837 g/mol. The standard InChI is InChI=1S/C55H60O11/c1-57-55-53(63-37-45-30-18-7-19-31-45)52(62-36-44-28-16-6-17-29-44)50(60-34-42-24-12-4-13-25-42)47(66-55)39-64-54-48(56)51(61-35-43-26-14-5-15-27-43)49(59-33-41-22-10-3-11-23-41)46(65-54)38-58-32-40-20-8-2-9-21-40/h2-31,46-56H,32-39H2,1H3/t46-,47-,48-,49+,50+,51-,52+,53-,54-,55-/m1/s1. The first-order valence-corrected chi connectivity index (χ1v) is 22.6. The highest BCUT2D eigenvalue weighted by atomic mass is 16.7. The molecule has 0 spiro atoms. The highest BCUT2D eigenvalue weighted by molar-refractivity contribution is 5.18. The summed E-state index contributed by atoms with van der Waals surface area (Å²) < 4.78 is 65.9. The van der Waals surface area contributed by atoms with E-state index < -0.39 is 61.4 Å². The maximum absolute atomic E-state index is 12.3. The lowest BCUT2D eigenvalue weighted by molar-refractivity contribution is -0.346. The Bertz CT molecular complexity index is 2220. The molecule has 11 nitrogen and oxygen atoms in total. The Balaban J connectivity index is 1.07. The van der Waals surface area contributed by atoms with Gasteiger partial charge in [-0.05, 0) is 33.4 Å². The van der Waals surface area contributed by atoms with Crippen LogP contribution in [0.1, 0.15) is 33.4 Å². The van der Waals surface area contributed by atoms with E-state index in [0.29, 0.717) is 13.2 Å². The summed E-state index contributed by atoms with van der Waals surface area (Å²) in [5, 5.41) is 12.3. The summed E-state index contributed by atoms with van der Waals surface area (Å²) in [7, 11) is 1.58. The third kappa shape index (κ3) is 13.5. The molecule has 2 saturated heterocycles. The lowest BCUT2D eigenvalue weighted by Gasteiger charge is -2.47. The van der Waals surface area contributed by atoms with Gasteiger partial charge in [-0.3, -0.25) is 0 Å². The van der Waals surface area contributed by atoms with Gasteiger partial charge in [0.15, 0.2) is 12.6 Å². The van der Waals surface area contributed by atoms with Crippen LogP contribution in [0.5, 0.6) is 0 Å². The van der Waals surface area contributed by atoms with Crippen LogP contribution in [-0.4, -0.2) is 86.8 Å². The molecule has 0 saturated carbocycles. The van der Waals surface area contributed by atoms with Crippen molar-refractivity contribution in [3.8, 4) is 0 Å². The van der Waals surface area contributed by atoms with Crippen molar-refractivity contribution in [2.45, 2.75) is 101 Å². The molecule has 2 heterocycles. The Labute approximate surface area is 388 Å². The predicted octanol–water partition coefficient (Wildman–Crippen LogP) is 8.60. The van der Waals surface area contributed by atoms with Crippen molar-refractivity contribution in [1.29, 1.82) is 0 Å². The number of aliphatic hydroxyl groups excluding tert-OH is 1. The van der Waals surface area contributed by atoms with Crippen LogP contribution in [-0.2, 0) is 87.0 Å². The SMILES string of the molecule is CO[C@@H]1O[C@H](CO[C@@H]2O[C@H](COCc3ccccc3)[C@H](OCc3ccccc3)[C@H](OCc3ccccc3)[C@H]2O)[C@H](OCc2ccccc2)[C@H](OCc2ccccc2)[C@H]1OCc1ccccc1. The molecule has 2 fully saturated rings. The summed E-state index contributed by atoms with van der Waals surface area (Å²) in [6, 6.07) is 59.5. The highest BCUT2D eigenvalue weighted by Gasteiger charge is 2.51. The fourth-order valence-corrected chi connectivity index (χ4v) is 8.22. The van der Waals surface area contributed by atoms with Crippen molar-refractivity contribution in [1.82, 2.24) is 0 Å². The molecule has 8 rings (SSSR count). The summed E-state index contributed by atoms with van der Waals surface area (Å²) in [6.45, 7) is 1.74.